The van der Waals surface area contributed by atoms with E-state index in [1.807, 2.05) is 0 Å². The SMILES string of the molecule is CCCCCCCCC=CCCCCCCCCCCCC(=O)C(CCCCCCCCCCCCCCCC)C(N)=O. The molecule has 254 valence electrons. The maximum atomic E-state index is 12.6. The summed E-state index contributed by atoms with van der Waals surface area (Å²) in [5.41, 5.74) is 5.60. The van der Waals surface area contributed by atoms with E-state index in [9.17, 15) is 9.59 Å². The maximum Gasteiger partial charge on any atom is 0.227 e. The van der Waals surface area contributed by atoms with E-state index in [1.54, 1.807) is 0 Å². The van der Waals surface area contributed by atoms with Crippen LogP contribution >= 0.6 is 0 Å². The largest absolute Gasteiger partial charge is 0.369 e. The number of Topliss-reactive ketones (excluding diaryl/α,β-unsaturated/α-hetero) is 1. The molecule has 0 spiro atoms. The van der Waals surface area contributed by atoms with Crippen LogP contribution in [0.15, 0.2) is 12.2 Å². The Hall–Kier alpha value is -1.12. The van der Waals surface area contributed by atoms with Gasteiger partial charge in [0.2, 0.25) is 5.91 Å². The standard InChI is InChI=1S/C40H77NO2/c1-3-5-7-9-11-13-15-17-19-20-21-22-23-25-27-29-31-33-35-37-39(42)38(40(41)43)36-34-32-30-28-26-24-18-16-14-12-10-8-6-4-2/h17,19,38H,3-16,18,20-37H2,1-2H3,(H2,41,43). The molecule has 0 aromatic rings. The molecule has 0 fully saturated rings. The first-order valence-corrected chi connectivity index (χ1v) is 19.6. The van der Waals surface area contributed by atoms with Crippen molar-refractivity contribution in [2.75, 3.05) is 0 Å². The molecular weight excluding hydrogens is 526 g/mol. The number of amides is 1. The van der Waals surface area contributed by atoms with Gasteiger partial charge in [0.05, 0.1) is 5.92 Å². The molecule has 1 amide bonds. The summed E-state index contributed by atoms with van der Waals surface area (Å²) in [6.07, 6.45) is 46.4. The van der Waals surface area contributed by atoms with Gasteiger partial charge in [-0.3, -0.25) is 9.59 Å². The first-order chi connectivity index (χ1) is 21.1. The lowest BCUT2D eigenvalue weighted by atomic mass is 9.92. The van der Waals surface area contributed by atoms with Crippen LogP contribution in [-0.2, 0) is 9.59 Å². The zero-order valence-corrected chi connectivity index (χ0v) is 29.5. The molecule has 0 aromatic carbocycles. The van der Waals surface area contributed by atoms with Crippen LogP contribution in [0.25, 0.3) is 0 Å². The molecule has 0 bridgehead atoms. The lowest BCUT2D eigenvalue weighted by Crippen LogP contribution is -2.30. The Balaban J connectivity index is 3.53. The molecule has 0 saturated heterocycles. The third kappa shape index (κ3) is 32.1. The number of hydrogen-bond acceptors (Lipinski definition) is 2. The number of primary amides is 1. The Morgan fingerprint density at radius 1 is 0.442 bits per heavy atom. The van der Waals surface area contributed by atoms with E-state index in [1.165, 1.54) is 173 Å². The number of hydrogen-bond donors (Lipinski definition) is 1. The molecular formula is C40H77NO2. The highest BCUT2D eigenvalue weighted by molar-refractivity contribution is 6.00. The van der Waals surface area contributed by atoms with E-state index in [0.717, 1.165) is 25.7 Å². The Bertz CT molecular complexity index is 614. The van der Waals surface area contributed by atoms with Crippen molar-refractivity contribution < 1.29 is 9.59 Å². The summed E-state index contributed by atoms with van der Waals surface area (Å²) >= 11 is 0. The van der Waals surface area contributed by atoms with Gasteiger partial charge >= 0.3 is 0 Å². The molecule has 3 nitrogen and oxygen atoms in total. The highest BCUT2D eigenvalue weighted by Crippen LogP contribution is 2.18. The topological polar surface area (TPSA) is 60.2 Å². The van der Waals surface area contributed by atoms with Crippen molar-refractivity contribution in [2.45, 2.75) is 226 Å². The average Bonchev–Trinajstić information content (AvgIpc) is 3.00. The van der Waals surface area contributed by atoms with E-state index in [0.29, 0.717) is 12.8 Å². The van der Waals surface area contributed by atoms with Crippen molar-refractivity contribution in [1.29, 1.82) is 0 Å². The predicted octanol–water partition coefficient (Wildman–Crippen LogP) is 13.1. The summed E-state index contributed by atoms with van der Waals surface area (Å²) in [6, 6.07) is 0. The predicted molar refractivity (Wildman–Crippen MR) is 191 cm³/mol. The molecule has 3 heteroatoms. The highest BCUT2D eigenvalue weighted by Gasteiger charge is 2.22. The number of allylic oxidation sites excluding steroid dienone is 2. The van der Waals surface area contributed by atoms with E-state index in [4.69, 9.17) is 5.73 Å². The second-order valence-electron chi connectivity index (χ2n) is 13.6. The Kier molecular flexibility index (Phi) is 34.4. The van der Waals surface area contributed by atoms with Crippen LogP contribution < -0.4 is 5.73 Å². The third-order valence-electron chi connectivity index (χ3n) is 9.26. The Morgan fingerprint density at radius 3 is 1.09 bits per heavy atom. The molecule has 1 unspecified atom stereocenters. The first-order valence-electron chi connectivity index (χ1n) is 19.6. The lowest BCUT2D eigenvalue weighted by molar-refractivity contribution is -0.132. The number of carbonyl (C=O) groups is 2. The number of ketones is 1. The zero-order valence-electron chi connectivity index (χ0n) is 29.5. The molecule has 0 aliphatic heterocycles. The minimum atomic E-state index is -0.553. The monoisotopic (exact) mass is 604 g/mol. The van der Waals surface area contributed by atoms with Gasteiger partial charge in [-0.2, -0.15) is 0 Å². The molecule has 0 aliphatic carbocycles. The van der Waals surface area contributed by atoms with Crippen LogP contribution in [0, 0.1) is 5.92 Å². The fraction of sp³-hybridized carbons (Fsp3) is 0.900. The summed E-state index contributed by atoms with van der Waals surface area (Å²) in [6.45, 7) is 4.55. The van der Waals surface area contributed by atoms with Crippen LogP contribution in [0.3, 0.4) is 0 Å². The van der Waals surface area contributed by atoms with Gasteiger partial charge in [0.1, 0.15) is 5.78 Å². The van der Waals surface area contributed by atoms with Gasteiger partial charge < -0.3 is 5.73 Å². The van der Waals surface area contributed by atoms with Gasteiger partial charge in [-0.25, -0.2) is 0 Å². The molecule has 0 heterocycles. The van der Waals surface area contributed by atoms with Crippen LogP contribution in [-0.4, -0.2) is 11.7 Å². The van der Waals surface area contributed by atoms with Crippen molar-refractivity contribution in [3.8, 4) is 0 Å². The van der Waals surface area contributed by atoms with E-state index < -0.39 is 11.8 Å². The van der Waals surface area contributed by atoms with Gasteiger partial charge in [0, 0.05) is 6.42 Å². The molecule has 0 radical (unpaired) electrons. The fourth-order valence-electron chi connectivity index (χ4n) is 6.26. The van der Waals surface area contributed by atoms with Crippen LogP contribution in [0.5, 0.6) is 0 Å². The Morgan fingerprint density at radius 2 is 0.744 bits per heavy atom. The summed E-state index contributed by atoms with van der Waals surface area (Å²) in [5.74, 6) is -0.876. The molecule has 2 N–H and O–H groups in total. The quantitative estimate of drug-likeness (QED) is 0.0440. The van der Waals surface area contributed by atoms with Gasteiger partial charge in [-0.05, 0) is 38.5 Å². The van der Waals surface area contributed by atoms with Crippen molar-refractivity contribution in [3.05, 3.63) is 12.2 Å². The second-order valence-corrected chi connectivity index (χ2v) is 13.6. The molecule has 0 aromatic heterocycles. The van der Waals surface area contributed by atoms with Gasteiger partial charge in [0.15, 0.2) is 0 Å². The first kappa shape index (κ1) is 41.9. The van der Waals surface area contributed by atoms with E-state index in [2.05, 4.69) is 26.0 Å². The van der Waals surface area contributed by atoms with Crippen molar-refractivity contribution in [1.82, 2.24) is 0 Å². The smallest absolute Gasteiger partial charge is 0.227 e. The number of rotatable bonds is 36. The van der Waals surface area contributed by atoms with Crippen molar-refractivity contribution in [2.24, 2.45) is 11.7 Å². The van der Waals surface area contributed by atoms with Crippen LogP contribution in [0.2, 0.25) is 0 Å². The van der Waals surface area contributed by atoms with Gasteiger partial charge in [-0.15, -0.1) is 0 Å². The normalized spacial score (nSPS) is 12.3. The zero-order chi connectivity index (χ0) is 31.5. The summed E-state index contributed by atoms with van der Waals surface area (Å²) < 4.78 is 0. The number of carbonyl (C=O) groups excluding carboxylic acids is 2. The van der Waals surface area contributed by atoms with Gasteiger partial charge in [-0.1, -0.05) is 193 Å². The minimum absolute atomic E-state index is 0.0863. The highest BCUT2D eigenvalue weighted by atomic mass is 16.2. The van der Waals surface area contributed by atoms with Crippen molar-refractivity contribution in [3.63, 3.8) is 0 Å². The number of nitrogens with two attached hydrogens (primary N) is 1. The number of unbranched alkanes of at least 4 members (excludes halogenated alkanes) is 28. The minimum Gasteiger partial charge on any atom is -0.369 e. The average molecular weight is 604 g/mol. The summed E-state index contributed by atoms with van der Waals surface area (Å²) in [7, 11) is 0. The molecule has 0 saturated carbocycles. The molecule has 1 atom stereocenters. The van der Waals surface area contributed by atoms with Gasteiger partial charge in [0.25, 0.3) is 0 Å². The van der Waals surface area contributed by atoms with E-state index >= 15 is 0 Å². The van der Waals surface area contributed by atoms with Crippen molar-refractivity contribution >= 4 is 11.7 Å². The second kappa shape index (κ2) is 35.4. The lowest BCUT2D eigenvalue weighted by Gasteiger charge is -2.12. The van der Waals surface area contributed by atoms with E-state index in [-0.39, 0.29) is 5.78 Å². The molecule has 43 heavy (non-hydrogen) atoms. The van der Waals surface area contributed by atoms with Crippen LogP contribution in [0.4, 0.5) is 0 Å². The maximum absolute atomic E-state index is 12.6. The summed E-state index contributed by atoms with van der Waals surface area (Å²) in [4.78, 5) is 24.5. The summed E-state index contributed by atoms with van der Waals surface area (Å²) in [5, 5.41) is 0. The van der Waals surface area contributed by atoms with Crippen LogP contribution in [0.1, 0.15) is 226 Å². The molecule has 0 aliphatic rings. The third-order valence-corrected chi connectivity index (χ3v) is 9.26. The Labute approximate surface area is 270 Å². The molecule has 0 rings (SSSR count). The fourth-order valence-corrected chi connectivity index (χ4v) is 6.26.